The number of rotatable bonds is 6. The number of unbranched alkanes of at least 4 members (excludes halogenated alkanes) is 1. The van der Waals surface area contributed by atoms with Gasteiger partial charge in [-0.1, -0.05) is 43.7 Å². The summed E-state index contributed by atoms with van der Waals surface area (Å²) < 4.78 is 32.9. The Morgan fingerprint density at radius 3 is 2.35 bits per heavy atom. The SMILES string of the molecule is CCCCOP(=O)(c1ccccc1)c1ccccc1F. The second kappa shape index (κ2) is 6.83. The van der Waals surface area contributed by atoms with Gasteiger partial charge >= 0.3 is 0 Å². The molecule has 0 N–H and O–H groups in total. The Kier molecular flexibility index (Phi) is 5.11. The summed E-state index contributed by atoms with van der Waals surface area (Å²) in [5.41, 5.74) is 0. The molecule has 1 atom stereocenters. The lowest BCUT2D eigenvalue weighted by molar-refractivity contribution is 0.318. The third kappa shape index (κ3) is 3.17. The number of hydrogen-bond acceptors (Lipinski definition) is 2. The quantitative estimate of drug-likeness (QED) is 0.597. The van der Waals surface area contributed by atoms with Crippen molar-refractivity contribution in [1.29, 1.82) is 0 Å². The maximum atomic E-state index is 14.0. The molecule has 1 unspecified atom stereocenters. The Morgan fingerprint density at radius 2 is 1.70 bits per heavy atom. The molecule has 0 saturated heterocycles. The molecule has 0 fully saturated rings. The Balaban J connectivity index is 2.45. The largest absolute Gasteiger partial charge is 0.322 e. The van der Waals surface area contributed by atoms with Gasteiger partial charge in [0.15, 0.2) is 0 Å². The van der Waals surface area contributed by atoms with Crippen molar-refractivity contribution in [3.8, 4) is 0 Å². The molecule has 4 heteroatoms. The first-order chi connectivity index (χ1) is 9.68. The molecule has 0 aliphatic carbocycles. The first-order valence-corrected chi connectivity index (χ1v) is 8.36. The maximum Gasteiger partial charge on any atom is 0.264 e. The minimum atomic E-state index is -3.37. The molecule has 0 amide bonds. The van der Waals surface area contributed by atoms with E-state index in [4.69, 9.17) is 4.52 Å². The topological polar surface area (TPSA) is 26.3 Å². The molecular formula is C16H18FO2P. The van der Waals surface area contributed by atoms with Crippen molar-refractivity contribution >= 4 is 18.0 Å². The molecule has 0 spiro atoms. The van der Waals surface area contributed by atoms with E-state index in [0.29, 0.717) is 11.9 Å². The van der Waals surface area contributed by atoms with E-state index < -0.39 is 13.2 Å². The van der Waals surface area contributed by atoms with Gasteiger partial charge in [0, 0.05) is 5.30 Å². The zero-order valence-electron chi connectivity index (χ0n) is 11.5. The Labute approximate surface area is 119 Å². The second-order valence-electron chi connectivity index (χ2n) is 4.53. The molecule has 0 bridgehead atoms. The Hall–Kier alpha value is -1.44. The van der Waals surface area contributed by atoms with Crippen LogP contribution in [0.1, 0.15) is 19.8 Å². The van der Waals surface area contributed by atoms with Gasteiger partial charge in [0.2, 0.25) is 0 Å². The molecule has 2 aromatic carbocycles. The molecule has 2 rings (SSSR count). The lowest BCUT2D eigenvalue weighted by Crippen LogP contribution is -2.21. The van der Waals surface area contributed by atoms with E-state index in [1.165, 1.54) is 12.1 Å². The van der Waals surface area contributed by atoms with Crippen LogP contribution in [0.25, 0.3) is 0 Å². The maximum absolute atomic E-state index is 14.0. The van der Waals surface area contributed by atoms with Gasteiger partial charge in [-0.3, -0.25) is 4.57 Å². The van der Waals surface area contributed by atoms with Crippen molar-refractivity contribution < 1.29 is 13.5 Å². The number of halogens is 1. The van der Waals surface area contributed by atoms with E-state index in [-0.39, 0.29) is 5.30 Å². The second-order valence-corrected chi connectivity index (χ2v) is 6.88. The zero-order chi connectivity index (χ0) is 14.4. The van der Waals surface area contributed by atoms with E-state index in [1.807, 2.05) is 13.0 Å². The predicted molar refractivity (Wildman–Crippen MR) is 80.6 cm³/mol. The summed E-state index contributed by atoms with van der Waals surface area (Å²) in [5, 5.41) is 0.670. The molecule has 0 heterocycles. The van der Waals surface area contributed by atoms with Gasteiger partial charge in [-0.05, 0) is 30.7 Å². The molecule has 0 saturated carbocycles. The van der Waals surface area contributed by atoms with Crippen LogP contribution >= 0.6 is 7.37 Å². The van der Waals surface area contributed by atoms with Crippen molar-refractivity contribution in [3.05, 3.63) is 60.4 Å². The molecule has 2 nitrogen and oxygen atoms in total. The van der Waals surface area contributed by atoms with E-state index >= 15 is 0 Å². The van der Waals surface area contributed by atoms with Crippen molar-refractivity contribution in [3.63, 3.8) is 0 Å². The lowest BCUT2D eigenvalue weighted by atomic mass is 10.3. The molecule has 0 aromatic heterocycles. The van der Waals surface area contributed by atoms with Crippen LogP contribution in [-0.4, -0.2) is 6.61 Å². The molecule has 0 aliphatic rings. The van der Waals surface area contributed by atoms with Crippen LogP contribution in [0.2, 0.25) is 0 Å². The van der Waals surface area contributed by atoms with Gasteiger partial charge in [-0.2, -0.15) is 0 Å². The summed E-state index contributed by atoms with van der Waals surface area (Å²) in [6.07, 6.45) is 1.73. The van der Waals surface area contributed by atoms with Gasteiger partial charge in [-0.15, -0.1) is 0 Å². The summed E-state index contributed by atoms with van der Waals surface area (Å²) in [4.78, 5) is 0. The van der Waals surface area contributed by atoms with E-state index in [1.54, 1.807) is 36.4 Å². The van der Waals surface area contributed by atoms with Gasteiger partial charge in [0.1, 0.15) is 5.82 Å². The normalized spacial score (nSPS) is 13.9. The highest BCUT2D eigenvalue weighted by Gasteiger charge is 2.31. The van der Waals surface area contributed by atoms with Gasteiger partial charge in [0.25, 0.3) is 7.37 Å². The molecule has 20 heavy (non-hydrogen) atoms. The van der Waals surface area contributed by atoms with E-state index in [9.17, 15) is 8.96 Å². The highest BCUT2D eigenvalue weighted by Crippen LogP contribution is 2.45. The predicted octanol–water partition coefficient (Wildman–Crippen LogP) is 3.87. The summed E-state index contributed by atoms with van der Waals surface area (Å²) >= 11 is 0. The number of benzene rings is 2. The van der Waals surface area contributed by atoms with Crippen LogP contribution < -0.4 is 10.6 Å². The Bertz CT molecular complexity index is 598. The van der Waals surface area contributed by atoms with Crippen molar-refractivity contribution in [2.75, 3.05) is 6.61 Å². The van der Waals surface area contributed by atoms with E-state index in [2.05, 4.69) is 0 Å². The van der Waals surface area contributed by atoms with Crippen molar-refractivity contribution in [1.82, 2.24) is 0 Å². The van der Waals surface area contributed by atoms with Crippen LogP contribution in [0, 0.1) is 5.82 Å². The number of hydrogen-bond donors (Lipinski definition) is 0. The van der Waals surface area contributed by atoms with Crippen LogP contribution in [0.15, 0.2) is 54.6 Å². The first kappa shape index (κ1) is 15.0. The lowest BCUT2D eigenvalue weighted by Gasteiger charge is -2.19. The van der Waals surface area contributed by atoms with E-state index in [0.717, 1.165) is 12.8 Å². The summed E-state index contributed by atoms with van der Waals surface area (Å²) in [5.74, 6) is -0.490. The Morgan fingerprint density at radius 1 is 1.05 bits per heavy atom. The van der Waals surface area contributed by atoms with Gasteiger partial charge in [0.05, 0.1) is 11.9 Å². The fourth-order valence-corrected chi connectivity index (χ4v) is 4.09. The van der Waals surface area contributed by atoms with Crippen molar-refractivity contribution in [2.45, 2.75) is 19.8 Å². The third-order valence-corrected chi connectivity index (χ3v) is 5.56. The van der Waals surface area contributed by atoms with Gasteiger partial charge in [-0.25, -0.2) is 4.39 Å². The standard InChI is InChI=1S/C16H18FO2P/c1-2-3-13-19-20(18,14-9-5-4-6-10-14)16-12-8-7-11-15(16)17/h4-12H,2-3,13H2,1H3. The summed E-state index contributed by atoms with van der Waals surface area (Å²) in [6, 6.07) is 15.0. The zero-order valence-corrected chi connectivity index (χ0v) is 12.4. The minimum absolute atomic E-state index is 0.141. The minimum Gasteiger partial charge on any atom is -0.322 e. The smallest absolute Gasteiger partial charge is 0.264 e. The average Bonchev–Trinajstić information content (AvgIpc) is 2.49. The molecule has 0 radical (unpaired) electrons. The monoisotopic (exact) mass is 292 g/mol. The van der Waals surface area contributed by atoms with Crippen LogP contribution in [0.3, 0.4) is 0 Å². The molecular weight excluding hydrogens is 274 g/mol. The van der Waals surface area contributed by atoms with Gasteiger partial charge < -0.3 is 4.52 Å². The fraction of sp³-hybridized carbons (Fsp3) is 0.250. The fourth-order valence-electron chi connectivity index (χ4n) is 1.94. The third-order valence-electron chi connectivity index (χ3n) is 3.04. The summed E-state index contributed by atoms with van der Waals surface area (Å²) in [7, 11) is -3.37. The highest BCUT2D eigenvalue weighted by molar-refractivity contribution is 7.74. The molecule has 106 valence electrons. The summed E-state index contributed by atoms with van der Waals surface area (Å²) in [6.45, 7) is 2.39. The highest BCUT2D eigenvalue weighted by atomic mass is 31.2. The van der Waals surface area contributed by atoms with Crippen LogP contribution in [-0.2, 0) is 9.09 Å². The molecule has 2 aromatic rings. The first-order valence-electron chi connectivity index (χ1n) is 6.74. The molecule has 0 aliphatic heterocycles. The average molecular weight is 292 g/mol. The van der Waals surface area contributed by atoms with Crippen molar-refractivity contribution in [2.24, 2.45) is 0 Å². The van der Waals surface area contributed by atoms with Crippen LogP contribution in [0.4, 0.5) is 4.39 Å². The van der Waals surface area contributed by atoms with Crippen LogP contribution in [0.5, 0.6) is 0 Å².